The van der Waals surface area contributed by atoms with Crippen LogP contribution in [-0.2, 0) is 0 Å². The number of anilines is 2. The summed E-state index contributed by atoms with van der Waals surface area (Å²) in [4.78, 5) is 11.2. The molecule has 0 radical (unpaired) electrons. The van der Waals surface area contributed by atoms with Crippen molar-refractivity contribution in [3.05, 3.63) is 66.7 Å². The summed E-state index contributed by atoms with van der Waals surface area (Å²) in [5.74, 6) is 0.701. The lowest BCUT2D eigenvalue weighted by Crippen LogP contribution is -2.27. The molecular formula is C22H25N3O2S. The molecule has 0 bridgehead atoms. The highest BCUT2D eigenvalue weighted by molar-refractivity contribution is 7.82. The Kier molecular flexibility index (Phi) is 7.03. The SMILES string of the molecule is NC(=O)N(S)c1cccc(OCCCCCNc2cccc3ccccc23)c1. The molecule has 6 heteroatoms. The number of urea groups is 1. The fraction of sp³-hybridized carbons (Fsp3) is 0.227. The van der Waals surface area contributed by atoms with E-state index >= 15 is 0 Å². The van der Waals surface area contributed by atoms with Gasteiger partial charge < -0.3 is 15.8 Å². The van der Waals surface area contributed by atoms with Crippen molar-refractivity contribution >= 4 is 41.0 Å². The fourth-order valence-electron chi connectivity index (χ4n) is 3.03. The predicted molar refractivity (Wildman–Crippen MR) is 119 cm³/mol. The smallest absolute Gasteiger partial charge is 0.329 e. The third-order valence-corrected chi connectivity index (χ3v) is 4.89. The molecule has 0 saturated heterocycles. The molecule has 0 spiro atoms. The van der Waals surface area contributed by atoms with Crippen LogP contribution >= 0.6 is 12.8 Å². The normalized spacial score (nSPS) is 10.6. The average molecular weight is 396 g/mol. The molecule has 3 rings (SSSR count). The van der Waals surface area contributed by atoms with Crippen molar-refractivity contribution in [1.29, 1.82) is 0 Å². The van der Waals surface area contributed by atoms with Gasteiger partial charge in [0.15, 0.2) is 0 Å². The largest absolute Gasteiger partial charge is 0.494 e. The number of carbonyl (C=O) groups excluding carboxylic acids is 1. The van der Waals surface area contributed by atoms with Crippen LogP contribution in [0.1, 0.15) is 19.3 Å². The summed E-state index contributed by atoms with van der Waals surface area (Å²) in [7, 11) is 0. The van der Waals surface area contributed by atoms with E-state index in [2.05, 4.69) is 60.6 Å². The summed E-state index contributed by atoms with van der Waals surface area (Å²) in [6, 6.07) is 21.3. The number of thiol groups is 1. The molecule has 0 aliphatic rings. The van der Waals surface area contributed by atoms with Crippen molar-refractivity contribution in [2.24, 2.45) is 5.73 Å². The minimum Gasteiger partial charge on any atom is -0.494 e. The molecule has 0 unspecified atom stereocenters. The molecule has 3 N–H and O–H groups in total. The number of hydrogen-bond acceptors (Lipinski definition) is 4. The number of primary amides is 1. The van der Waals surface area contributed by atoms with Crippen LogP contribution in [0.3, 0.4) is 0 Å². The van der Waals surface area contributed by atoms with E-state index in [9.17, 15) is 4.79 Å². The second kappa shape index (κ2) is 9.90. The highest BCUT2D eigenvalue weighted by Gasteiger charge is 2.08. The zero-order chi connectivity index (χ0) is 19.8. The Bertz CT molecular complexity index is 927. The van der Waals surface area contributed by atoms with E-state index in [1.165, 1.54) is 16.5 Å². The van der Waals surface area contributed by atoms with Gasteiger partial charge in [-0.3, -0.25) is 0 Å². The number of benzene rings is 3. The number of nitrogens with two attached hydrogens (primary N) is 1. The lowest BCUT2D eigenvalue weighted by atomic mass is 10.1. The van der Waals surface area contributed by atoms with Gasteiger partial charge in [0, 0.05) is 23.7 Å². The van der Waals surface area contributed by atoms with Crippen LogP contribution in [0.15, 0.2) is 66.7 Å². The van der Waals surface area contributed by atoms with E-state index in [1.807, 2.05) is 12.1 Å². The van der Waals surface area contributed by atoms with Crippen LogP contribution in [-0.4, -0.2) is 19.2 Å². The van der Waals surface area contributed by atoms with Gasteiger partial charge >= 0.3 is 6.03 Å². The molecule has 0 saturated carbocycles. The van der Waals surface area contributed by atoms with Crippen LogP contribution < -0.4 is 20.1 Å². The van der Waals surface area contributed by atoms with Crippen molar-refractivity contribution in [2.75, 3.05) is 22.8 Å². The van der Waals surface area contributed by atoms with Crippen molar-refractivity contribution < 1.29 is 9.53 Å². The van der Waals surface area contributed by atoms with Gasteiger partial charge in [0.1, 0.15) is 5.75 Å². The summed E-state index contributed by atoms with van der Waals surface area (Å²) in [6.07, 6.45) is 3.10. The molecule has 3 aromatic carbocycles. The zero-order valence-electron chi connectivity index (χ0n) is 15.7. The topological polar surface area (TPSA) is 67.6 Å². The second-order valence-corrected chi connectivity index (χ2v) is 6.91. The van der Waals surface area contributed by atoms with Crippen LogP contribution in [0, 0.1) is 0 Å². The summed E-state index contributed by atoms with van der Waals surface area (Å²) >= 11 is 4.06. The van der Waals surface area contributed by atoms with Gasteiger partial charge in [-0.1, -0.05) is 55.3 Å². The molecule has 0 atom stereocenters. The van der Waals surface area contributed by atoms with E-state index in [0.29, 0.717) is 18.0 Å². The minimum absolute atomic E-state index is 0.590. The number of amides is 2. The molecule has 0 aromatic heterocycles. The van der Waals surface area contributed by atoms with E-state index < -0.39 is 6.03 Å². The molecule has 5 nitrogen and oxygen atoms in total. The summed E-state index contributed by atoms with van der Waals surface area (Å²) in [5, 5.41) is 6.03. The Morgan fingerprint density at radius 3 is 2.64 bits per heavy atom. The van der Waals surface area contributed by atoms with Crippen LogP contribution in [0.5, 0.6) is 5.75 Å². The highest BCUT2D eigenvalue weighted by Crippen LogP contribution is 2.24. The first-order valence-electron chi connectivity index (χ1n) is 9.38. The Balaban J connectivity index is 1.37. The number of rotatable bonds is 9. The summed E-state index contributed by atoms with van der Waals surface area (Å²) in [5.41, 5.74) is 6.99. The summed E-state index contributed by atoms with van der Waals surface area (Å²) < 4.78 is 6.86. The van der Waals surface area contributed by atoms with Gasteiger partial charge in [0.05, 0.1) is 12.3 Å². The zero-order valence-corrected chi connectivity index (χ0v) is 16.6. The van der Waals surface area contributed by atoms with E-state index in [4.69, 9.17) is 10.5 Å². The van der Waals surface area contributed by atoms with Gasteiger partial charge in [-0.05, 0) is 42.8 Å². The Morgan fingerprint density at radius 2 is 1.79 bits per heavy atom. The Morgan fingerprint density at radius 1 is 1.00 bits per heavy atom. The third kappa shape index (κ3) is 5.33. The number of hydrogen-bond donors (Lipinski definition) is 3. The first-order chi connectivity index (χ1) is 13.6. The Hall–Kier alpha value is -2.86. The van der Waals surface area contributed by atoms with Gasteiger partial charge in [-0.25, -0.2) is 9.10 Å². The van der Waals surface area contributed by atoms with Crippen molar-refractivity contribution in [3.8, 4) is 5.75 Å². The maximum atomic E-state index is 11.2. The first kappa shape index (κ1) is 19.9. The van der Waals surface area contributed by atoms with Gasteiger partial charge in [0.2, 0.25) is 0 Å². The van der Waals surface area contributed by atoms with Crippen LogP contribution in [0.4, 0.5) is 16.2 Å². The first-order valence-corrected chi connectivity index (χ1v) is 9.78. The van der Waals surface area contributed by atoms with E-state index in [-0.39, 0.29) is 0 Å². The maximum Gasteiger partial charge on any atom is 0.329 e. The highest BCUT2D eigenvalue weighted by atomic mass is 32.1. The molecule has 0 fully saturated rings. The number of ether oxygens (including phenoxy) is 1. The van der Waals surface area contributed by atoms with Gasteiger partial charge in [-0.2, -0.15) is 0 Å². The summed E-state index contributed by atoms with van der Waals surface area (Å²) in [6.45, 7) is 1.55. The standard InChI is InChI=1S/C22H25N3O2S/c23-22(26)25(28)18-10-7-11-19(16-18)27-15-5-1-4-14-24-21-13-6-9-17-8-2-3-12-20(17)21/h2-3,6-13,16,24,28H,1,4-5,14-15H2,(H2,23,26). The Labute approximate surface area is 171 Å². The fourth-order valence-corrected chi connectivity index (χ4v) is 3.15. The number of unbranched alkanes of at least 4 members (excludes halogenated alkanes) is 2. The number of nitrogens with zero attached hydrogens (tertiary/aromatic N) is 1. The third-order valence-electron chi connectivity index (χ3n) is 4.47. The van der Waals surface area contributed by atoms with Crippen molar-refractivity contribution in [2.45, 2.75) is 19.3 Å². The molecule has 3 aromatic rings. The van der Waals surface area contributed by atoms with Crippen LogP contribution in [0.25, 0.3) is 10.8 Å². The number of nitrogens with one attached hydrogen (secondary N) is 1. The molecule has 2 amide bonds. The number of carbonyl (C=O) groups is 1. The maximum absolute atomic E-state index is 11.2. The van der Waals surface area contributed by atoms with Crippen LogP contribution in [0.2, 0.25) is 0 Å². The lowest BCUT2D eigenvalue weighted by molar-refractivity contribution is 0.257. The molecule has 0 aliphatic heterocycles. The van der Waals surface area contributed by atoms with Gasteiger partial charge in [-0.15, -0.1) is 0 Å². The molecule has 146 valence electrons. The van der Waals surface area contributed by atoms with Crippen molar-refractivity contribution in [3.63, 3.8) is 0 Å². The quantitative estimate of drug-likeness (QED) is 0.343. The number of fused-ring (bicyclic) bond motifs is 1. The van der Waals surface area contributed by atoms with E-state index in [1.54, 1.807) is 12.1 Å². The molecule has 0 aliphatic carbocycles. The second-order valence-electron chi connectivity index (χ2n) is 6.51. The molecular weight excluding hydrogens is 370 g/mol. The van der Waals surface area contributed by atoms with E-state index in [0.717, 1.165) is 30.1 Å². The van der Waals surface area contributed by atoms with Crippen molar-refractivity contribution in [1.82, 2.24) is 0 Å². The monoisotopic (exact) mass is 395 g/mol. The minimum atomic E-state index is -0.626. The predicted octanol–water partition coefficient (Wildman–Crippen LogP) is 5.23. The molecule has 0 heterocycles. The average Bonchev–Trinajstić information content (AvgIpc) is 2.72. The van der Waals surface area contributed by atoms with Gasteiger partial charge in [0.25, 0.3) is 0 Å². The lowest BCUT2D eigenvalue weighted by Gasteiger charge is -2.14. The molecule has 28 heavy (non-hydrogen) atoms.